The van der Waals surface area contributed by atoms with Crippen molar-refractivity contribution in [1.29, 1.82) is 0 Å². The van der Waals surface area contributed by atoms with Crippen molar-refractivity contribution >= 4 is 29.7 Å². The van der Waals surface area contributed by atoms with E-state index in [1.165, 1.54) is 0 Å². The summed E-state index contributed by atoms with van der Waals surface area (Å²) >= 11 is -0.129. The van der Waals surface area contributed by atoms with Gasteiger partial charge in [0.15, 0.2) is 0 Å². The molecule has 1 aromatic heterocycles. The van der Waals surface area contributed by atoms with E-state index in [2.05, 4.69) is 4.98 Å². The Bertz CT molecular complexity index is 543. The molecule has 0 fully saturated rings. The quantitative estimate of drug-likeness (QED) is 0.481. The molecule has 0 N–H and O–H groups in total. The molecule has 86 valence electrons. The first-order valence-corrected chi connectivity index (χ1v) is 6.72. The van der Waals surface area contributed by atoms with Crippen molar-refractivity contribution in [2.24, 2.45) is 0 Å². The second kappa shape index (κ2) is 5.08. The minimum absolute atomic E-state index is 0.129. The number of aryl methyl sites for hydroxylation is 1. The Balaban J connectivity index is 2.40. The minimum atomic E-state index is -0.345. The van der Waals surface area contributed by atoms with Crippen LogP contribution in [-0.2, 0) is 0 Å². The maximum absolute atomic E-state index is 11.0. The average Bonchev–Trinajstić information content (AvgIpc) is 2.30. The summed E-state index contributed by atoms with van der Waals surface area (Å²) in [6.45, 7) is 1.74. The van der Waals surface area contributed by atoms with Crippen LogP contribution in [0.1, 0.15) is 5.56 Å². The summed E-state index contributed by atoms with van der Waals surface area (Å²) in [4.78, 5) is 14.8. The zero-order valence-electron chi connectivity index (χ0n) is 9.16. The van der Waals surface area contributed by atoms with Crippen LogP contribution in [0.25, 0.3) is 0 Å². The van der Waals surface area contributed by atoms with E-state index >= 15 is 0 Å². The second-order valence-corrected chi connectivity index (χ2v) is 5.68. The number of hydrogen-bond acceptors (Lipinski definition) is 3. The number of nitrogens with zero attached hydrogens (tertiary/aromatic N) is 2. The molecule has 0 amide bonds. The third-order valence-electron chi connectivity index (χ3n) is 2.23. The number of hydrogen-bond donors (Lipinski definition) is 0. The Labute approximate surface area is 105 Å². The van der Waals surface area contributed by atoms with Crippen molar-refractivity contribution in [2.45, 2.75) is 6.92 Å². The van der Waals surface area contributed by atoms with Crippen molar-refractivity contribution in [2.75, 3.05) is 0 Å². The summed E-state index contributed by atoms with van der Waals surface area (Å²) < 4.78 is 1.66. The van der Waals surface area contributed by atoms with E-state index in [9.17, 15) is 10.1 Å². The summed E-state index contributed by atoms with van der Waals surface area (Å²) in [5.41, 5.74) is 0.814. The maximum atomic E-state index is 11.0. The van der Waals surface area contributed by atoms with Gasteiger partial charge in [0.2, 0.25) is 0 Å². The molecule has 0 radical (unpaired) electrons. The van der Waals surface area contributed by atoms with Gasteiger partial charge in [-0.05, 0) is 0 Å². The van der Waals surface area contributed by atoms with Crippen molar-refractivity contribution in [3.05, 3.63) is 58.3 Å². The Kier molecular flexibility index (Phi) is 3.52. The molecule has 0 aliphatic carbocycles. The number of benzene rings is 1. The van der Waals surface area contributed by atoms with Gasteiger partial charge in [-0.25, -0.2) is 0 Å². The van der Waals surface area contributed by atoms with E-state index in [4.69, 9.17) is 0 Å². The van der Waals surface area contributed by atoms with Crippen LogP contribution in [0.15, 0.2) is 42.6 Å². The van der Waals surface area contributed by atoms with Gasteiger partial charge in [-0.1, -0.05) is 0 Å². The van der Waals surface area contributed by atoms with Crippen molar-refractivity contribution in [1.82, 2.24) is 4.98 Å². The molecule has 2 rings (SSSR count). The summed E-state index contributed by atoms with van der Waals surface area (Å²) in [5, 5.41) is 11.0. The van der Waals surface area contributed by atoms with Gasteiger partial charge in [-0.2, -0.15) is 0 Å². The predicted octanol–water partition coefficient (Wildman–Crippen LogP) is 0.953. The van der Waals surface area contributed by atoms with Crippen molar-refractivity contribution < 1.29 is 4.92 Å². The molecule has 5 heteroatoms. The normalized spacial score (nSPS) is 10.2. The van der Waals surface area contributed by atoms with Crippen LogP contribution in [0.4, 0.5) is 5.69 Å². The Hall–Kier alpha value is -1.71. The molecule has 0 bridgehead atoms. The standard InChI is InChI=1S/C12H10N2O2Se/c1-9-7-8-13-12(11(9)14(15)16)17-10-5-3-2-4-6-10/h2-8H,1H3. The van der Waals surface area contributed by atoms with Crippen LogP contribution in [0.2, 0.25) is 0 Å². The molecule has 0 aliphatic rings. The number of pyridine rings is 1. The van der Waals surface area contributed by atoms with Gasteiger partial charge in [0.05, 0.1) is 0 Å². The first-order chi connectivity index (χ1) is 8.18. The number of aromatic nitrogens is 1. The Morgan fingerprint density at radius 1 is 1.24 bits per heavy atom. The molecule has 2 aromatic rings. The monoisotopic (exact) mass is 294 g/mol. The second-order valence-electron chi connectivity index (χ2n) is 3.45. The van der Waals surface area contributed by atoms with E-state index in [1.807, 2.05) is 30.3 Å². The average molecular weight is 293 g/mol. The topological polar surface area (TPSA) is 56.0 Å². The molecular formula is C12H10N2O2Se. The van der Waals surface area contributed by atoms with Crippen molar-refractivity contribution in [3.8, 4) is 0 Å². The van der Waals surface area contributed by atoms with E-state index in [1.54, 1.807) is 19.2 Å². The van der Waals surface area contributed by atoms with Gasteiger partial charge >= 0.3 is 105 Å². The Morgan fingerprint density at radius 3 is 2.59 bits per heavy atom. The van der Waals surface area contributed by atoms with Gasteiger partial charge in [0.1, 0.15) is 0 Å². The van der Waals surface area contributed by atoms with Gasteiger partial charge in [0, 0.05) is 0 Å². The van der Waals surface area contributed by atoms with Crippen LogP contribution < -0.4 is 9.05 Å². The zero-order chi connectivity index (χ0) is 12.3. The first-order valence-electron chi connectivity index (χ1n) is 5.01. The fourth-order valence-corrected chi connectivity index (χ4v) is 3.44. The third kappa shape index (κ3) is 2.70. The van der Waals surface area contributed by atoms with Crippen LogP contribution in [0, 0.1) is 17.0 Å². The van der Waals surface area contributed by atoms with Crippen LogP contribution >= 0.6 is 0 Å². The molecule has 0 aliphatic heterocycles. The summed E-state index contributed by atoms with van der Waals surface area (Å²) in [6.07, 6.45) is 1.63. The van der Waals surface area contributed by atoms with Gasteiger partial charge in [-0.15, -0.1) is 0 Å². The number of rotatable bonds is 3. The molecule has 0 spiro atoms. The van der Waals surface area contributed by atoms with Crippen molar-refractivity contribution in [3.63, 3.8) is 0 Å². The van der Waals surface area contributed by atoms with Crippen LogP contribution in [0.3, 0.4) is 0 Å². The Morgan fingerprint density at radius 2 is 1.94 bits per heavy atom. The van der Waals surface area contributed by atoms with E-state index in [0.29, 0.717) is 10.2 Å². The van der Waals surface area contributed by atoms with E-state index in [0.717, 1.165) is 4.46 Å². The molecule has 1 aromatic carbocycles. The summed E-state index contributed by atoms with van der Waals surface area (Å²) in [6, 6.07) is 11.4. The molecule has 1 heterocycles. The molecule has 0 saturated carbocycles. The zero-order valence-corrected chi connectivity index (χ0v) is 10.9. The molecule has 0 saturated heterocycles. The summed E-state index contributed by atoms with van der Waals surface area (Å²) in [7, 11) is 0. The molecule has 0 atom stereocenters. The van der Waals surface area contributed by atoms with E-state index < -0.39 is 0 Å². The third-order valence-corrected chi connectivity index (χ3v) is 4.33. The van der Waals surface area contributed by atoms with Crippen LogP contribution in [0.5, 0.6) is 0 Å². The van der Waals surface area contributed by atoms with Gasteiger partial charge < -0.3 is 0 Å². The molecule has 0 unspecified atom stereocenters. The van der Waals surface area contributed by atoms with E-state index in [-0.39, 0.29) is 25.6 Å². The van der Waals surface area contributed by atoms with Gasteiger partial charge in [0.25, 0.3) is 0 Å². The fraction of sp³-hybridized carbons (Fsp3) is 0.0833. The molecule has 17 heavy (non-hydrogen) atoms. The summed E-state index contributed by atoms with van der Waals surface area (Å²) in [5.74, 6) is 0. The number of nitro groups is 1. The molecule has 4 nitrogen and oxygen atoms in total. The SMILES string of the molecule is Cc1ccnc([Se]c2ccccc2)c1[N+](=O)[O-]. The van der Waals surface area contributed by atoms with Crippen LogP contribution in [-0.4, -0.2) is 24.9 Å². The predicted molar refractivity (Wildman–Crippen MR) is 67.1 cm³/mol. The van der Waals surface area contributed by atoms with Gasteiger partial charge in [-0.3, -0.25) is 0 Å². The first kappa shape index (κ1) is 11.8. The molecular weight excluding hydrogens is 283 g/mol. The fourth-order valence-electron chi connectivity index (χ4n) is 1.42.